The summed E-state index contributed by atoms with van der Waals surface area (Å²) in [6.45, 7) is 2.41. The van der Waals surface area contributed by atoms with Gasteiger partial charge in [-0.1, -0.05) is 6.92 Å². The van der Waals surface area contributed by atoms with E-state index in [4.69, 9.17) is 4.74 Å². The standard InChI is InChI=1S/C15H17N5O3/c1-4-13-12(15(23-3)19(2)18-13)9-17-14-6-5-11(20(21)22)7-10(14)8-16/h5-7,17H,4,9H2,1-3H3. The second-order valence-corrected chi connectivity index (χ2v) is 4.86. The molecule has 0 spiro atoms. The van der Waals surface area contributed by atoms with Gasteiger partial charge in [-0.05, 0) is 12.5 Å². The van der Waals surface area contributed by atoms with Gasteiger partial charge < -0.3 is 10.1 Å². The van der Waals surface area contributed by atoms with Crippen molar-refractivity contribution in [3.8, 4) is 11.9 Å². The van der Waals surface area contributed by atoms with Crippen molar-refractivity contribution in [1.82, 2.24) is 9.78 Å². The van der Waals surface area contributed by atoms with E-state index in [0.717, 1.165) is 17.7 Å². The van der Waals surface area contributed by atoms with Crippen molar-refractivity contribution in [2.45, 2.75) is 19.9 Å². The minimum Gasteiger partial charge on any atom is -0.481 e. The van der Waals surface area contributed by atoms with Gasteiger partial charge in [-0.3, -0.25) is 10.1 Å². The molecule has 0 aliphatic rings. The molecule has 120 valence electrons. The summed E-state index contributed by atoms with van der Waals surface area (Å²) >= 11 is 0. The summed E-state index contributed by atoms with van der Waals surface area (Å²) in [6, 6.07) is 6.12. The molecule has 1 heterocycles. The second-order valence-electron chi connectivity index (χ2n) is 4.86. The van der Waals surface area contributed by atoms with Crippen molar-refractivity contribution in [3.05, 3.63) is 45.1 Å². The van der Waals surface area contributed by atoms with Crippen LogP contribution in [0, 0.1) is 21.4 Å². The van der Waals surface area contributed by atoms with E-state index in [2.05, 4.69) is 10.4 Å². The Hall–Kier alpha value is -3.08. The van der Waals surface area contributed by atoms with Gasteiger partial charge in [0.2, 0.25) is 5.88 Å². The first kappa shape index (κ1) is 16.3. The molecule has 0 saturated carbocycles. The number of nitrogens with one attached hydrogen (secondary N) is 1. The normalized spacial score (nSPS) is 10.2. The molecule has 0 bridgehead atoms. The Morgan fingerprint density at radius 3 is 2.83 bits per heavy atom. The second kappa shape index (κ2) is 6.79. The fraction of sp³-hybridized carbons (Fsp3) is 0.333. The number of methoxy groups -OCH3 is 1. The molecule has 0 atom stereocenters. The number of anilines is 1. The molecule has 1 N–H and O–H groups in total. The van der Waals surface area contributed by atoms with E-state index >= 15 is 0 Å². The van der Waals surface area contributed by atoms with Crippen LogP contribution in [-0.4, -0.2) is 21.8 Å². The number of rotatable bonds is 6. The molecular formula is C15H17N5O3. The Labute approximate surface area is 133 Å². The molecule has 1 aromatic carbocycles. The van der Waals surface area contributed by atoms with Gasteiger partial charge >= 0.3 is 0 Å². The lowest BCUT2D eigenvalue weighted by Crippen LogP contribution is -2.05. The molecular weight excluding hydrogens is 298 g/mol. The summed E-state index contributed by atoms with van der Waals surface area (Å²) in [4.78, 5) is 10.3. The Kier molecular flexibility index (Phi) is 4.81. The molecule has 1 aromatic heterocycles. The number of benzene rings is 1. The first-order chi connectivity index (χ1) is 11.0. The summed E-state index contributed by atoms with van der Waals surface area (Å²) in [5, 5.41) is 27.5. The number of aromatic nitrogens is 2. The fourth-order valence-electron chi connectivity index (χ4n) is 2.40. The van der Waals surface area contributed by atoms with E-state index in [-0.39, 0.29) is 11.3 Å². The Bertz CT molecular complexity index is 776. The number of nitro groups is 1. The highest BCUT2D eigenvalue weighted by Crippen LogP contribution is 2.26. The predicted octanol–water partition coefficient (Wildman–Crippen LogP) is 2.38. The van der Waals surface area contributed by atoms with E-state index in [1.807, 2.05) is 13.0 Å². The molecule has 23 heavy (non-hydrogen) atoms. The number of nitro benzene ring substituents is 1. The van der Waals surface area contributed by atoms with Gasteiger partial charge in [0.05, 0.1) is 34.5 Å². The van der Waals surface area contributed by atoms with Crippen LogP contribution in [0.15, 0.2) is 18.2 Å². The van der Waals surface area contributed by atoms with Gasteiger partial charge in [0, 0.05) is 25.7 Å². The Morgan fingerprint density at radius 2 is 2.26 bits per heavy atom. The van der Waals surface area contributed by atoms with E-state index in [0.29, 0.717) is 18.1 Å². The highest BCUT2D eigenvalue weighted by molar-refractivity contribution is 5.61. The van der Waals surface area contributed by atoms with Crippen LogP contribution in [0.1, 0.15) is 23.7 Å². The number of nitriles is 1. The van der Waals surface area contributed by atoms with Crippen molar-refractivity contribution < 1.29 is 9.66 Å². The Morgan fingerprint density at radius 1 is 1.52 bits per heavy atom. The first-order valence-electron chi connectivity index (χ1n) is 7.02. The zero-order valence-electron chi connectivity index (χ0n) is 13.2. The third-order valence-electron chi connectivity index (χ3n) is 3.49. The van der Waals surface area contributed by atoms with Gasteiger partial charge in [0.25, 0.3) is 5.69 Å². The minimum atomic E-state index is -0.524. The third kappa shape index (κ3) is 3.23. The van der Waals surface area contributed by atoms with Crippen LogP contribution in [0.3, 0.4) is 0 Å². The Balaban J connectivity index is 2.28. The molecule has 0 saturated heterocycles. The minimum absolute atomic E-state index is 0.111. The van der Waals surface area contributed by atoms with Crippen LogP contribution >= 0.6 is 0 Å². The number of ether oxygens (including phenoxy) is 1. The van der Waals surface area contributed by atoms with Crippen molar-refractivity contribution >= 4 is 11.4 Å². The summed E-state index contributed by atoms with van der Waals surface area (Å²) in [5.74, 6) is 0.648. The number of hydrogen-bond donors (Lipinski definition) is 1. The van der Waals surface area contributed by atoms with Crippen molar-refractivity contribution in [3.63, 3.8) is 0 Å². The van der Waals surface area contributed by atoms with Crippen LogP contribution in [0.5, 0.6) is 5.88 Å². The molecule has 2 rings (SSSR count). The molecule has 0 aliphatic heterocycles. The summed E-state index contributed by atoms with van der Waals surface area (Å²) < 4.78 is 7.02. The summed E-state index contributed by atoms with van der Waals surface area (Å²) in [5.41, 5.74) is 2.45. The number of hydrogen-bond acceptors (Lipinski definition) is 6. The van der Waals surface area contributed by atoms with Gasteiger partial charge in [-0.25, -0.2) is 4.68 Å². The number of aryl methyl sites for hydroxylation is 2. The van der Waals surface area contributed by atoms with Crippen molar-refractivity contribution in [2.75, 3.05) is 12.4 Å². The monoisotopic (exact) mass is 315 g/mol. The maximum atomic E-state index is 10.8. The maximum absolute atomic E-state index is 10.8. The largest absolute Gasteiger partial charge is 0.481 e. The van der Waals surface area contributed by atoms with E-state index in [9.17, 15) is 15.4 Å². The van der Waals surface area contributed by atoms with E-state index in [1.165, 1.54) is 18.2 Å². The smallest absolute Gasteiger partial charge is 0.270 e. The number of non-ortho nitro benzene ring substituents is 1. The average molecular weight is 315 g/mol. The van der Waals surface area contributed by atoms with Crippen molar-refractivity contribution in [1.29, 1.82) is 5.26 Å². The molecule has 8 nitrogen and oxygen atoms in total. The van der Waals surface area contributed by atoms with E-state index in [1.54, 1.807) is 18.8 Å². The van der Waals surface area contributed by atoms with Gasteiger partial charge in [-0.2, -0.15) is 10.4 Å². The van der Waals surface area contributed by atoms with Crippen LogP contribution in [0.25, 0.3) is 0 Å². The first-order valence-corrected chi connectivity index (χ1v) is 7.02. The highest BCUT2D eigenvalue weighted by Gasteiger charge is 2.16. The summed E-state index contributed by atoms with van der Waals surface area (Å²) in [7, 11) is 3.38. The van der Waals surface area contributed by atoms with Gasteiger partial charge in [-0.15, -0.1) is 0 Å². The predicted molar refractivity (Wildman–Crippen MR) is 84.3 cm³/mol. The quantitative estimate of drug-likeness (QED) is 0.648. The third-order valence-corrected chi connectivity index (χ3v) is 3.49. The molecule has 0 aliphatic carbocycles. The lowest BCUT2D eigenvalue weighted by Gasteiger charge is -2.10. The lowest BCUT2D eigenvalue weighted by molar-refractivity contribution is -0.384. The van der Waals surface area contributed by atoms with Crippen LogP contribution in [0.2, 0.25) is 0 Å². The van der Waals surface area contributed by atoms with Gasteiger partial charge in [0.15, 0.2) is 0 Å². The molecule has 0 radical (unpaired) electrons. The van der Waals surface area contributed by atoms with Crippen LogP contribution in [0.4, 0.5) is 11.4 Å². The van der Waals surface area contributed by atoms with Crippen LogP contribution in [-0.2, 0) is 20.0 Å². The SMILES string of the molecule is CCc1nn(C)c(OC)c1CNc1ccc([N+](=O)[O-])cc1C#N. The fourth-order valence-corrected chi connectivity index (χ4v) is 2.40. The molecule has 0 unspecified atom stereocenters. The molecule has 0 fully saturated rings. The van der Waals surface area contributed by atoms with Crippen LogP contribution < -0.4 is 10.1 Å². The molecule has 2 aromatic rings. The zero-order valence-corrected chi connectivity index (χ0v) is 13.2. The highest BCUT2D eigenvalue weighted by atomic mass is 16.6. The van der Waals surface area contributed by atoms with E-state index < -0.39 is 4.92 Å². The van der Waals surface area contributed by atoms with Gasteiger partial charge in [0.1, 0.15) is 6.07 Å². The maximum Gasteiger partial charge on any atom is 0.270 e. The topological polar surface area (TPSA) is 106 Å². The average Bonchev–Trinajstić information content (AvgIpc) is 2.87. The zero-order chi connectivity index (χ0) is 17.0. The molecule has 0 amide bonds. The number of nitrogens with zero attached hydrogens (tertiary/aromatic N) is 4. The lowest BCUT2D eigenvalue weighted by atomic mass is 10.1. The summed E-state index contributed by atoms with van der Waals surface area (Å²) in [6.07, 6.45) is 0.750. The van der Waals surface area contributed by atoms with Crippen molar-refractivity contribution in [2.24, 2.45) is 7.05 Å². The molecule has 8 heteroatoms.